The van der Waals surface area contributed by atoms with Gasteiger partial charge >= 0.3 is 0 Å². The van der Waals surface area contributed by atoms with E-state index in [-0.39, 0.29) is 0 Å². The first-order chi connectivity index (χ1) is 18.3. The number of nitrogens with zero attached hydrogens (tertiary/aromatic N) is 2. The number of likely N-dealkylation sites (tertiary alicyclic amines) is 1. The van der Waals surface area contributed by atoms with Crippen LogP contribution < -0.4 is 0 Å². The van der Waals surface area contributed by atoms with Crippen molar-refractivity contribution >= 4 is 0 Å². The minimum absolute atomic E-state index is 1.13. The number of hydrogen-bond acceptors (Lipinski definition) is 2. The third kappa shape index (κ3) is 14.8. The van der Waals surface area contributed by atoms with E-state index in [1.54, 1.807) is 25.7 Å². The molecule has 3 fully saturated rings. The minimum atomic E-state index is 1.13. The molecule has 2 saturated carbocycles. The molecular formula is C35H68N2. The van der Waals surface area contributed by atoms with Crippen molar-refractivity contribution < 1.29 is 0 Å². The molecule has 0 amide bonds. The van der Waals surface area contributed by atoms with Gasteiger partial charge in [0.2, 0.25) is 0 Å². The van der Waals surface area contributed by atoms with Crippen LogP contribution in [0.3, 0.4) is 0 Å². The van der Waals surface area contributed by atoms with Gasteiger partial charge in [0.05, 0.1) is 0 Å². The van der Waals surface area contributed by atoms with Crippen molar-refractivity contribution in [1.82, 2.24) is 9.80 Å². The monoisotopic (exact) mass is 517 g/mol. The first-order valence-electron chi connectivity index (χ1n) is 17.7. The normalized spacial score (nSPS) is 25.4. The third-order valence-electron chi connectivity index (χ3n) is 10.2. The molecule has 1 aliphatic heterocycles. The SMILES string of the molecule is CCCCCCCCCCN(CCCCCCCCC1CC1CC1CC1CCCC)CCN1CCCC1. The molecule has 0 aromatic carbocycles. The van der Waals surface area contributed by atoms with Crippen molar-refractivity contribution in [2.24, 2.45) is 23.7 Å². The predicted octanol–water partition coefficient (Wildman–Crippen LogP) is 10.1. The molecule has 4 atom stereocenters. The Morgan fingerprint density at radius 1 is 0.514 bits per heavy atom. The molecule has 2 heteroatoms. The topological polar surface area (TPSA) is 6.48 Å². The maximum Gasteiger partial charge on any atom is 0.0109 e. The molecule has 218 valence electrons. The molecule has 0 bridgehead atoms. The molecule has 1 saturated heterocycles. The zero-order chi connectivity index (χ0) is 26.0. The average molecular weight is 517 g/mol. The van der Waals surface area contributed by atoms with Crippen molar-refractivity contribution in [3.8, 4) is 0 Å². The van der Waals surface area contributed by atoms with Crippen LogP contribution in [0, 0.1) is 23.7 Å². The van der Waals surface area contributed by atoms with Crippen LogP contribution in [0.5, 0.6) is 0 Å². The first kappa shape index (κ1) is 31.4. The first-order valence-corrected chi connectivity index (χ1v) is 17.7. The fourth-order valence-corrected chi connectivity index (χ4v) is 7.30. The second-order valence-electron chi connectivity index (χ2n) is 13.7. The summed E-state index contributed by atoms with van der Waals surface area (Å²) in [6.45, 7) is 12.7. The smallest absolute Gasteiger partial charge is 0.0109 e. The number of rotatable bonds is 26. The Hall–Kier alpha value is -0.0800. The minimum Gasteiger partial charge on any atom is -0.302 e. The van der Waals surface area contributed by atoms with E-state index in [2.05, 4.69) is 23.6 Å². The van der Waals surface area contributed by atoms with Gasteiger partial charge in [-0.25, -0.2) is 0 Å². The van der Waals surface area contributed by atoms with E-state index in [1.807, 2.05) is 0 Å². The molecule has 2 nitrogen and oxygen atoms in total. The summed E-state index contributed by atoms with van der Waals surface area (Å²) in [6.07, 6.45) is 34.0. The summed E-state index contributed by atoms with van der Waals surface area (Å²) in [5.74, 6) is 4.56. The van der Waals surface area contributed by atoms with E-state index in [4.69, 9.17) is 0 Å². The zero-order valence-corrected chi connectivity index (χ0v) is 25.7. The fourth-order valence-electron chi connectivity index (χ4n) is 7.30. The van der Waals surface area contributed by atoms with Gasteiger partial charge in [0.15, 0.2) is 0 Å². The van der Waals surface area contributed by atoms with E-state index in [0.717, 1.165) is 23.7 Å². The summed E-state index contributed by atoms with van der Waals surface area (Å²) in [6, 6.07) is 0. The van der Waals surface area contributed by atoms with Crippen LogP contribution in [0.2, 0.25) is 0 Å². The second-order valence-corrected chi connectivity index (χ2v) is 13.7. The predicted molar refractivity (Wildman–Crippen MR) is 164 cm³/mol. The zero-order valence-electron chi connectivity index (χ0n) is 25.7. The molecule has 0 spiro atoms. The Morgan fingerprint density at radius 3 is 1.57 bits per heavy atom. The van der Waals surface area contributed by atoms with E-state index in [0.29, 0.717) is 0 Å². The summed E-state index contributed by atoms with van der Waals surface area (Å²) < 4.78 is 0. The highest BCUT2D eigenvalue weighted by Gasteiger charge is 2.44. The molecule has 4 unspecified atom stereocenters. The molecule has 3 aliphatic rings. The highest BCUT2D eigenvalue weighted by atomic mass is 15.2. The lowest BCUT2D eigenvalue weighted by atomic mass is 10.0. The Labute approximate surface area is 234 Å². The molecule has 0 aromatic rings. The largest absolute Gasteiger partial charge is 0.302 e. The van der Waals surface area contributed by atoms with Crippen molar-refractivity contribution in [3.05, 3.63) is 0 Å². The van der Waals surface area contributed by atoms with Crippen LogP contribution in [0.25, 0.3) is 0 Å². The molecule has 0 aromatic heterocycles. The fraction of sp³-hybridized carbons (Fsp3) is 1.00. The van der Waals surface area contributed by atoms with E-state index >= 15 is 0 Å². The van der Waals surface area contributed by atoms with Crippen LogP contribution >= 0.6 is 0 Å². The Bertz CT molecular complexity index is 527. The van der Waals surface area contributed by atoms with Gasteiger partial charge in [-0.05, 0) is 94.8 Å². The average Bonchev–Trinajstić information content (AvgIpc) is 3.78. The summed E-state index contributed by atoms with van der Waals surface area (Å²) >= 11 is 0. The van der Waals surface area contributed by atoms with Gasteiger partial charge < -0.3 is 9.80 Å². The summed E-state index contributed by atoms with van der Waals surface area (Å²) in [7, 11) is 0. The summed E-state index contributed by atoms with van der Waals surface area (Å²) in [5, 5.41) is 0. The molecular weight excluding hydrogens is 448 g/mol. The third-order valence-corrected chi connectivity index (χ3v) is 10.2. The molecule has 0 radical (unpaired) electrons. The van der Waals surface area contributed by atoms with Crippen molar-refractivity contribution in [2.75, 3.05) is 39.3 Å². The number of hydrogen-bond donors (Lipinski definition) is 0. The van der Waals surface area contributed by atoms with Crippen LogP contribution in [-0.2, 0) is 0 Å². The van der Waals surface area contributed by atoms with Gasteiger partial charge in [-0.2, -0.15) is 0 Å². The molecule has 37 heavy (non-hydrogen) atoms. The van der Waals surface area contributed by atoms with Gasteiger partial charge in [-0.15, -0.1) is 0 Å². The lowest BCUT2D eigenvalue weighted by molar-refractivity contribution is 0.217. The van der Waals surface area contributed by atoms with Gasteiger partial charge in [0.25, 0.3) is 0 Å². The molecule has 0 N–H and O–H groups in total. The summed E-state index contributed by atoms with van der Waals surface area (Å²) in [4.78, 5) is 5.54. The van der Waals surface area contributed by atoms with Crippen molar-refractivity contribution in [1.29, 1.82) is 0 Å². The van der Waals surface area contributed by atoms with Crippen molar-refractivity contribution in [3.63, 3.8) is 0 Å². The standard InChI is InChI=1S/C35H68N2/c1-3-5-7-8-9-11-14-17-23-36(27-28-37-25-19-20-26-37)24-18-15-12-10-13-16-22-33-30-35(33)31-34-29-32(34)21-6-4-2/h32-35H,3-31H2,1-2H3. The Kier molecular flexibility index (Phi) is 16.9. The van der Waals surface area contributed by atoms with Gasteiger partial charge in [0.1, 0.15) is 0 Å². The second kappa shape index (κ2) is 19.9. The highest BCUT2D eigenvalue weighted by molar-refractivity contribution is 4.94. The van der Waals surface area contributed by atoms with Crippen LogP contribution in [0.1, 0.15) is 162 Å². The maximum absolute atomic E-state index is 2.83. The van der Waals surface area contributed by atoms with E-state index < -0.39 is 0 Å². The van der Waals surface area contributed by atoms with Gasteiger partial charge in [-0.3, -0.25) is 0 Å². The maximum atomic E-state index is 2.83. The van der Waals surface area contributed by atoms with Gasteiger partial charge in [0, 0.05) is 13.1 Å². The summed E-state index contributed by atoms with van der Waals surface area (Å²) in [5.41, 5.74) is 0. The molecule has 3 rings (SSSR count). The molecule has 1 heterocycles. The Morgan fingerprint density at radius 2 is 1.00 bits per heavy atom. The quantitative estimate of drug-likeness (QED) is 0.105. The lowest BCUT2D eigenvalue weighted by Crippen LogP contribution is -2.35. The van der Waals surface area contributed by atoms with Gasteiger partial charge in [-0.1, -0.05) is 117 Å². The van der Waals surface area contributed by atoms with Crippen LogP contribution in [0.15, 0.2) is 0 Å². The van der Waals surface area contributed by atoms with Crippen molar-refractivity contribution in [2.45, 2.75) is 162 Å². The lowest BCUT2D eigenvalue weighted by Gasteiger charge is -2.25. The highest BCUT2D eigenvalue weighted by Crippen LogP contribution is 2.54. The number of unbranched alkanes of at least 4 members (excludes halogenated alkanes) is 13. The van der Waals surface area contributed by atoms with E-state index in [1.165, 1.54) is 161 Å². The Balaban J connectivity index is 1.13. The molecule has 2 aliphatic carbocycles. The van der Waals surface area contributed by atoms with E-state index in [9.17, 15) is 0 Å². The van der Waals surface area contributed by atoms with Crippen LogP contribution in [0.4, 0.5) is 0 Å². The van der Waals surface area contributed by atoms with Crippen LogP contribution in [-0.4, -0.2) is 49.1 Å².